The van der Waals surface area contributed by atoms with Crippen LogP contribution in [0.2, 0.25) is 0 Å². The Kier molecular flexibility index (Phi) is 3.03. The molecule has 0 unspecified atom stereocenters. The third kappa shape index (κ3) is 2.56. The molecule has 0 aliphatic carbocycles. The van der Waals surface area contributed by atoms with E-state index >= 15 is 0 Å². The third-order valence-corrected chi connectivity index (χ3v) is 3.25. The summed E-state index contributed by atoms with van der Waals surface area (Å²) < 4.78 is 5.85. The zero-order chi connectivity index (χ0) is 14.2. The average molecular weight is 262 g/mol. The average Bonchev–Trinajstić information content (AvgIpc) is 2.44. The van der Waals surface area contributed by atoms with Gasteiger partial charge in [-0.05, 0) is 50.1 Å². The Hall–Kier alpha value is -2.20. The number of ether oxygens (including phenoxy) is 1. The second-order valence-electron chi connectivity index (χ2n) is 6.16. The van der Waals surface area contributed by atoms with Crippen molar-refractivity contribution in [1.29, 1.82) is 0 Å². The van der Waals surface area contributed by atoms with Gasteiger partial charge in [0.15, 0.2) is 0 Å². The van der Waals surface area contributed by atoms with Gasteiger partial charge in [-0.3, -0.25) is 0 Å². The van der Waals surface area contributed by atoms with Crippen LogP contribution in [0.1, 0.15) is 31.9 Å². The normalized spacial score (nSPS) is 12.6. The summed E-state index contributed by atoms with van der Waals surface area (Å²) in [6, 6.07) is 14.6. The smallest absolute Gasteiger partial charge is 0.128 e. The zero-order valence-corrected chi connectivity index (χ0v) is 12.2. The molecule has 0 radical (unpaired) electrons. The number of hydrogen-bond donors (Lipinski definition) is 0. The largest absolute Gasteiger partial charge is 0.488 e. The summed E-state index contributed by atoms with van der Waals surface area (Å²) in [6.45, 7) is 6.99. The number of hydrogen-bond acceptors (Lipinski definition) is 1. The minimum absolute atomic E-state index is 0.0172. The van der Waals surface area contributed by atoms with Gasteiger partial charge in [0.05, 0.1) is 0 Å². The van der Waals surface area contributed by atoms with Crippen molar-refractivity contribution in [2.45, 2.75) is 27.4 Å². The van der Waals surface area contributed by atoms with Crippen molar-refractivity contribution in [3.8, 4) is 28.7 Å². The second kappa shape index (κ2) is 4.72. The molecule has 3 rings (SSSR count). The molecular weight excluding hydrogens is 244 g/mol. The molecule has 0 amide bonds. The first-order chi connectivity index (χ1) is 9.53. The van der Waals surface area contributed by atoms with E-state index in [1.54, 1.807) is 0 Å². The van der Waals surface area contributed by atoms with Crippen LogP contribution in [0.15, 0.2) is 42.5 Å². The fourth-order valence-electron chi connectivity index (χ4n) is 2.27. The van der Waals surface area contributed by atoms with Gasteiger partial charge in [-0.2, -0.15) is 0 Å². The Morgan fingerprint density at radius 2 is 1.80 bits per heavy atom. The third-order valence-electron chi connectivity index (χ3n) is 3.25. The van der Waals surface area contributed by atoms with Gasteiger partial charge in [0.1, 0.15) is 12.4 Å². The highest BCUT2D eigenvalue weighted by Gasteiger charge is 2.16. The SMILES string of the molecule is CC(C)(C)C#Cc1ccc2c(c1)OCc1ccccc1-2. The molecule has 20 heavy (non-hydrogen) atoms. The van der Waals surface area contributed by atoms with Gasteiger partial charge in [0.2, 0.25) is 0 Å². The highest BCUT2D eigenvalue weighted by atomic mass is 16.5. The second-order valence-corrected chi connectivity index (χ2v) is 6.16. The summed E-state index contributed by atoms with van der Waals surface area (Å²) in [5, 5.41) is 0. The minimum Gasteiger partial charge on any atom is -0.488 e. The molecule has 0 bridgehead atoms. The van der Waals surface area contributed by atoms with Crippen molar-refractivity contribution in [1.82, 2.24) is 0 Å². The van der Waals surface area contributed by atoms with E-state index in [1.807, 2.05) is 6.07 Å². The molecule has 0 N–H and O–H groups in total. The van der Waals surface area contributed by atoms with Gasteiger partial charge < -0.3 is 4.74 Å². The first-order valence-electron chi connectivity index (χ1n) is 6.91. The van der Waals surface area contributed by atoms with Crippen LogP contribution in [0.3, 0.4) is 0 Å². The lowest BCUT2D eigenvalue weighted by Gasteiger charge is -2.20. The Morgan fingerprint density at radius 3 is 2.60 bits per heavy atom. The topological polar surface area (TPSA) is 9.23 Å². The highest BCUT2D eigenvalue weighted by Crippen LogP contribution is 2.37. The van der Waals surface area contributed by atoms with Crippen molar-refractivity contribution < 1.29 is 4.74 Å². The predicted molar refractivity (Wildman–Crippen MR) is 82.5 cm³/mol. The number of fused-ring (bicyclic) bond motifs is 3. The fraction of sp³-hybridized carbons (Fsp3) is 0.263. The minimum atomic E-state index is 0.0172. The van der Waals surface area contributed by atoms with Crippen molar-refractivity contribution in [3.05, 3.63) is 53.6 Å². The summed E-state index contributed by atoms with van der Waals surface area (Å²) in [5.74, 6) is 7.42. The molecule has 0 atom stereocenters. The molecule has 0 spiro atoms. The van der Waals surface area contributed by atoms with Gasteiger partial charge in [0.25, 0.3) is 0 Å². The van der Waals surface area contributed by atoms with E-state index in [0.717, 1.165) is 16.9 Å². The van der Waals surface area contributed by atoms with E-state index < -0.39 is 0 Å². The van der Waals surface area contributed by atoms with Crippen LogP contribution in [0, 0.1) is 17.3 Å². The van der Waals surface area contributed by atoms with Crippen LogP contribution in [0.25, 0.3) is 11.1 Å². The molecule has 1 heteroatoms. The summed E-state index contributed by atoms with van der Waals surface area (Å²) in [7, 11) is 0. The molecule has 1 aliphatic rings. The maximum absolute atomic E-state index is 5.85. The van der Waals surface area contributed by atoms with Crippen molar-refractivity contribution in [2.24, 2.45) is 5.41 Å². The number of rotatable bonds is 0. The lowest BCUT2D eigenvalue weighted by molar-refractivity contribution is 0.302. The summed E-state index contributed by atoms with van der Waals surface area (Å²) in [4.78, 5) is 0. The highest BCUT2D eigenvalue weighted by molar-refractivity contribution is 5.75. The molecule has 1 nitrogen and oxygen atoms in total. The Balaban J connectivity index is 2.02. The standard InChI is InChI=1S/C19H18O/c1-19(2,3)11-10-14-8-9-17-16-7-5-4-6-15(16)13-20-18(17)12-14/h4-9,12H,13H2,1-3H3. The van der Waals surface area contributed by atoms with Crippen LogP contribution in [0.4, 0.5) is 0 Å². The molecule has 2 aromatic rings. The fourth-order valence-corrected chi connectivity index (χ4v) is 2.27. The molecule has 2 aromatic carbocycles. The molecule has 0 aromatic heterocycles. The first kappa shape index (κ1) is 12.8. The Bertz CT molecular complexity index is 709. The molecule has 0 saturated carbocycles. The van der Waals surface area contributed by atoms with Crippen LogP contribution >= 0.6 is 0 Å². The summed E-state index contributed by atoms with van der Waals surface area (Å²) >= 11 is 0. The van der Waals surface area contributed by atoms with Gasteiger partial charge >= 0.3 is 0 Å². The van der Waals surface area contributed by atoms with E-state index in [0.29, 0.717) is 6.61 Å². The maximum Gasteiger partial charge on any atom is 0.128 e. The van der Waals surface area contributed by atoms with Crippen molar-refractivity contribution in [3.63, 3.8) is 0 Å². The Labute approximate surface area is 120 Å². The van der Waals surface area contributed by atoms with Gasteiger partial charge in [0, 0.05) is 16.5 Å². The first-order valence-corrected chi connectivity index (χ1v) is 6.91. The molecule has 0 fully saturated rings. The molecule has 1 aliphatic heterocycles. The number of benzene rings is 2. The monoisotopic (exact) mass is 262 g/mol. The van der Waals surface area contributed by atoms with E-state index in [4.69, 9.17) is 4.74 Å². The van der Waals surface area contributed by atoms with Crippen molar-refractivity contribution in [2.75, 3.05) is 0 Å². The quantitative estimate of drug-likeness (QED) is 0.628. The van der Waals surface area contributed by atoms with E-state index in [2.05, 4.69) is 69.0 Å². The maximum atomic E-state index is 5.85. The van der Waals surface area contributed by atoms with E-state index in [1.165, 1.54) is 11.1 Å². The molecule has 0 saturated heterocycles. The lowest BCUT2D eigenvalue weighted by Crippen LogP contribution is -2.05. The molecule has 100 valence electrons. The zero-order valence-electron chi connectivity index (χ0n) is 12.2. The van der Waals surface area contributed by atoms with Crippen LogP contribution in [-0.4, -0.2) is 0 Å². The van der Waals surface area contributed by atoms with Gasteiger partial charge in [-0.25, -0.2) is 0 Å². The van der Waals surface area contributed by atoms with Crippen LogP contribution in [-0.2, 0) is 6.61 Å². The van der Waals surface area contributed by atoms with Crippen molar-refractivity contribution >= 4 is 0 Å². The summed E-state index contributed by atoms with van der Waals surface area (Å²) in [6.07, 6.45) is 0. The molecular formula is C19H18O. The molecule has 1 heterocycles. The lowest BCUT2D eigenvalue weighted by atomic mass is 9.95. The van der Waals surface area contributed by atoms with Gasteiger partial charge in [-0.15, -0.1) is 0 Å². The van der Waals surface area contributed by atoms with Gasteiger partial charge in [-0.1, -0.05) is 36.1 Å². The van der Waals surface area contributed by atoms with Crippen LogP contribution in [0.5, 0.6) is 5.75 Å². The van der Waals surface area contributed by atoms with E-state index in [9.17, 15) is 0 Å². The summed E-state index contributed by atoms with van der Waals surface area (Å²) in [5.41, 5.74) is 4.70. The Morgan fingerprint density at radius 1 is 1.00 bits per heavy atom. The van der Waals surface area contributed by atoms with E-state index in [-0.39, 0.29) is 5.41 Å². The predicted octanol–water partition coefficient (Wildman–Crippen LogP) is 4.64. The van der Waals surface area contributed by atoms with Crippen LogP contribution < -0.4 is 4.74 Å².